The normalized spacial score (nSPS) is 28.3. The van der Waals surface area contributed by atoms with E-state index in [1.165, 1.54) is 28.1 Å². The van der Waals surface area contributed by atoms with Crippen molar-refractivity contribution in [2.24, 2.45) is 5.92 Å². The molecule has 0 saturated carbocycles. The Bertz CT molecular complexity index is 1140. The van der Waals surface area contributed by atoms with Crippen LogP contribution in [-0.2, 0) is 20.6 Å². The predicted molar refractivity (Wildman–Crippen MR) is 123 cm³/mol. The predicted octanol–water partition coefficient (Wildman–Crippen LogP) is 3.71. The van der Waals surface area contributed by atoms with Gasteiger partial charge in [-0.25, -0.2) is 4.39 Å². The molecule has 4 unspecified atom stereocenters. The van der Waals surface area contributed by atoms with Gasteiger partial charge in [0.15, 0.2) is 5.79 Å². The van der Waals surface area contributed by atoms with Crippen molar-refractivity contribution >= 4 is 23.7 Å². The van der Waals surface area contributed by atoms with Gasteiger partial charge < -0.3 is 19.2 Å². The zero-order valence-electron chi connectivity index (χ0n) is 17.8. The molecule has 2 bridgehead atoms. The third-order valence-electron chi connectivity index (χ3n) is 7.03. The summed E-state index contributed by atoms with van der Waals surface area (Å²) in [6.07, 6.45) is 1.78. The first kappa shape index (κ1) is 20.6. The molecule has 164 valence electrons. The van der Waals surface area contributed by atoms with Gasteiger partial charge in [0.25, 0.3) is 0 Å². The maximum Gasteiger partial charge on any atom is 0.354 e. The third-order valence-corrected chi connectivity index (χ3v) is 8.16. The Morgan fingerprint density at radius 1 is 1.16 bits per heavy atom. The Balaban J connectivity index is 1.20. The quantitative estimate of drug-likeness (QED) is 0.603. The summed E-state index contributed by atoms with van der Waals surface area (Å²) < 4.78 is 30.9. The summed E-state index contributed by atoms with van der Waals surface area (Å²) in [5.74, 6) is -0.704. The van der Waals surface area contributed by atoms with Crippen LogP contribution in [0.5, 0.6) is 0 Å². The Kier molecular flexibility index (Phi) is 5.00. The van der Waals surface area contributed by atoms with Crippen LogP contribution in [0.15, 0.2) is 54.6 Å². The van der Waals surface area contributed by atoms with Gasteiger partial charge in [-0.05, 0) is 59.8 Å². The van der Waals surface area contributed by atoms with Crippen molar-refractivity contribution in [3.8, 4) is 10.4 Å². The Labute approximate surface area is 191 Å². The highest BCUT2D eigenvalue weighted by Crippen LogP contribution is 2.50. The van der Waals surface area contributed by atoms with E-state index in [9.17, 15) is 9.41 Å². The molecule has 4 nitrogen and oxygen atoms in total. The van der Waals surface area contributed by atoms with Gasteiger partial charge >= 0.3 is 6.92 Å². The fourth-order valence-electron chi connectivity index (χ4n) is 5.12. The van der Waals surface area contributed by atoms with Gasteiger partial charge in [0.2, 0.25) is 0 Å². The fourth-order valence-corrected chi connectivity index (χ4v) is 6.16. The van der Waals surface area contributed by atoms with Gasteiger partial charge in [-0.3, -0.25) is 0 Å². The molecule has 1 spiro atoms. The summed E-state index contributed by atoms with van der Waals surface area (Å²) in [6.45, 7) is 2.44. The molecule has 3 aromatic rings. The second kappa shape index (κ2) is 7.78. The van der Waals surface area contributed by atoms with Gasteiger partial charge in [-0.2, -0.15) is 0 Å². The van der Waals surface area contributed by atoms with Gasteiger partial charge in [0.05, 0.1) is 18.7 Å². The van der Waals surface area contributed by atoms with Crippen molar-refractivity contribution in [2.45, 2.75) is 37.7 Å². The SMILES string of the molecule is Cc1ccc(B(O)C2OC34COC(CO3)CC24)cc1Cc1ccc(-c2ccc(F)cc2)s1. The van der Waals surface area contributed by atoms with E-state index in [2.05, 4.69) is 31.2 Å². The van der Waals surface area contributed by atoms with E-state index in [0.29, 0.717) is 13.2 Å². The van der Waals surface area contributed by atoms with E-state index >= 15 is 0 Å². The summed E-state index contributed by atoms with van der Waals surface area (Å²) in [5, 5.41) is 11.1. The van der Waals surface area contributed by atoms with Crippen LogP contribution in [0.3, 0.4) is 0 Å². The third kappa shape index (κ3) is 3.44. The van der Waals surface area contributed by atoms with Gasteiger partial charge in [-0.15, -0.1) is 11.3 Å². The first-order valence-electron chi connectivity index (χ1n) is 11.1. The monoisotopic (exact) mass is 450 g/mol. The lowest BCUT2D eigenvalue weighted by molar-refractivity contribution is -0.440. The zero-order chi connectivity index (χ0) is 21.9. The maximum atomic E-state index is 13.2. The summed E-state index contributed by atoms with van der Waals surface area (Å²) >= 11 is 1.71. The van der Waals surface area contributed by atoms with Crippen LogP contribution in [0.4, 0.5) is 4.39 Å². The number of benzene rings is 2. The van der Waals surface area contributed by atoms with Crippen molar-refractivity contribution < 1.29 is 23.6 Å². The van der Waals surface area contributed by atoms with Gasteiger partial charge in [0.1, 0.15) is 12.4 Å². The largest absolute Gasteiger partial charge is 0.445 e. The molecule has 7 rings (SSSR count). The fraction of sp³-hybridized carbons (Fsp3) is 0.360. The van der Waals surface area contributed by atoms with Crippen LogP contribution in [0, 0.1) is 18.7 Å². The standard InChI is InChI=1S/C25H24BFO4S/c1-15-2-5-18(26(28)24-22-12-20-13-30-25(22,31-24)14-29-20)10-17(15)11-21-8-9-23(32-21)16-3-6-19(27)7-4-16/h2-10,20,22,24,28H,11-14H2,1H3. The van der Waals surface area contributed by atoms with Crippen molar-refractivity contribution in [3.63, 3.8) is 0 Å². The number of hydrogen-bond acceptors (Lipinski definition) is 5. The lowest BCUT2D eigenvalue weighted by atomic mass is 9.48. The van der Waals surface area contributed by atoms with Crippen LogP contribution in [0.2, 0.25) is 0 Å². The Morgan fingerprint density at radius 3 is 2.75 bits per heavy atom. The number of thiophene rings is 1. The van der Waals surface area contributed by atoms with E-state index in [1.54, 1.807) is 11.3 Å². The molecular weight excluding hydrogens is 426 g/mol. The molecule has 0 amide bonds. The Morgan fingerprint density at radius 2 is 2.00 bits per heavy atom. The van der Waals surface area contributed by atoms with E-state index < -0.39 is 12.7 Å². The van der Waals surface area contributed by atoms with Crippen molar-refractivity contribution in [1.82, 2.24) is 0 Å². The molecule has 4 aliphatic heterocycles. The van der Waals surface area contributed by atoms with E-state index in [0.717, 1.165) is 28.7 Å². The summed E-state index contributed by atoms with van der Waals surface area (Å²) in [7, 11) is 0. The number of halogens is 1. The highest BCUT2D eigenvalue weighted by atomic mass is 32.1. The molecule has 32 heavy (non-hydrogen) atoms. The van der Waals surface area contributed by atoms with Crippen molar-refractivity contribution in [2.75, 3.05) is 13.2 Å². The number of ether oxygens (including phenoxy) is 3. The minimum Gasteiger partial charge on any atom is -0.445 e. The molecule has 7 heteroatoms. The molecule has 4 aliphatic rings. The number of fused-ring (bicyclic) bond motifs is 2. The topological polar surface area (TPSA) is 47.9 Å². The maximum absolute atomic E-state index is 13.2. The van der Waals surface area contributed by atoms with Crippen LogP contribution in [-0.4, -0.2) is 43.0 Å². The second-order valence-corrected chi connectivity index (χ2v) is 10.2. The molecule has 4 atom stereocenters. The van der Waals surface area contributed by atoms with Crippen molar-refractivity contribution in [3.05, 3.63) is 76.4 Å². The van der Waals surface area contributed by atoms with Crippen LogP contribution < -0.4 is 5.46 Å². The number of hydrogen-bond donors (Lipinski definition) is 1. The Hall–Kier alpha value is -2.03. The van der Waals surface area contributed by atoms with E-state index in [-0.39, 0.29) is 23.8 Å². The number of aryl methyl sites for hydroxylation is 1. The summed E-state index contributed by atoms with van der Waals surface area (Å²) in [6, 6.07) is 16.7. The van der Waals surface area contributed by atoms with Crippen LogP contribution in [0.25, 0.3) is 10.4 Å². The molecule has 2 aromatic carbocycles. The van der Waals surface area contributed by atoms with Gasteiger partial charge in [-0.1, -0.05) is 30.3 Å². The molecule has 5 heterocycles. The molecule has 1 aromatic heterocycles. The second-order valence-electron chi connectivity index (χ2n) is 9.06. The zero-order valence-corrected chi connectivity index (χ0v) is 18.6. The van der Waals surface area contributed by atoms with E-state index in [1.807, 2.05) is 18.2 Å². The van der Waals surface area contributed by atoms with E-state index in [4.69, 9.17) is 14.2 Å². The first-order valence-corrected chi connectivity index (χ1v) is 11.9. The van der Waals surface area contributed by atoms with Crippen LogP contribution >= 0.6 is 11.3 Å². The lowest BCUT2D eigenvalue weighted by Gasteiger charge is -2.61. The van der Waals surface area contributed by atoms with Gasteiger partial charge in [0, 0.05) is 22.1 Å². The highest BCUT2D eigenvalue weighted by molar-refractivity contribution is 7.15. The number of rotatable bonds is 5. The molecule has 4 fully saturated rings. The molecule has 0 aliphatic carbocycles. The average molecular weight is 450 g/mol. The van der Waals surface area contributed by atoms with Crippen LogP contribution in [0.1, 0.15) is 22.4 Å². The minimum absolute atomic E-state index is 0.114. The van der Waals surface area contributed by atoms with Crippen molar-refractivity contribution in [1.29, 1.82) is 0 Å². The molecule has 1 N–H and O–H groups in total. The molecule has 0 radical (unpaired) electrons. The molecular formula is C25H24BFO4S. The smallest absolute Gasteiger partial charge is 0.354 e. The minimum atomic E-state index is -0.689. The summed E-state index contributed by atoms with van der Waals surface area (Å²) in [4.78, 5) is 2.35. The molecule has 4 saturated heterocycles. The highest BCUT2D eigenvalue weighted by Gasteiger charge is 2.65. The summed E-state index contributed by atoms with van der Waals surface area (Å²) in [5.41, 5.74) is 4.28. The first-order chi connectivity index (χ1) is 15.5. The lowest BCUT2D eigenvalue weighted by Crippen LogP contribution is -2.76. The average Bonchev–Trinajstić information content (AvgIpc) is 3.26.